The van der Waals surface area contributed by atoms with E-state index in [0.29, 0.717) is 16.6 Å². The molecule has 0 amide bonds. The van der Waals surface area contributed by atoms with E-state index in [1.165, 1.54) is 13.7 Å². The normalized spacial score (nSPS) is 14.6. The second kappa shape index (κ2) is 12.1. The first-order valence-corrected chi connectivity index (χ1v) is 10.8. The van der Waals surface area contributed by atoms with Crippen molar-refractivity contribution in [3.63, 3.8) is 0 Å². The standard InChI is InChI=1S/C20H31ClN4O2S/c1-3-24-11-13-25(14-12-24)18-9-8-16(21)15-17(18)23-20(28)22-10-6-4-5-7-19(26)27-2/h8-9,15H,3-7,10-14H2,1-2H3,(H2,22,23,28)/p+1. The van der Waals surface area contributed by atoms with E-state index >= 15 is 0 Å². The van der Waals surface area contributed by atoms with E-state index < -0.39 is 0 Å². The molecule has 0 aliphatic carbocycles. The number of piperazine rings is 1. The van der Waals surface area contributed by atoms with Gasteiger partial charge < -0.3 is 25.2 Å². The molecule has 0 aromatic heterocycles. The maximum absolute atomic E-state index is 11.1. The van der Waals surface area contributed by atoms with Gasteiger partial charge in [-0.3, -0.25) is 4.79 Å². The monoisotopic (exact) mass is 427 g/mol. The predicted molar refractivity (Wildman–Crippen MR) is 120 cm³/mol. The average Bonchev–Trinajstić information content (AvgIpc) is 2.70. The van der Waals surface area contributed by atoms with E-state index in [2.05, 4.69) is 33.3 Å². The first-order valence-electron chi connectivity index (χ1n) is 10.0. The molecule has 1 heterocycles. The first kappa shape index (κ1) is 22.7. The summed E-state index contributed by atoms with van der Waals surface area (Å²) in [7, 11) is 1.42. The summed E-state index contributed by atoms with van der Waals surface area (Å²) in [6.07, 6.45) is 3.21. The van der Waals surface area contributed by atoms with Crippen molar-refractivity contribution in [2.75, 3.05) is 56.6 Å². The Bertz CT molecular complexity index is 651. The van der Waals surface area contributed by atoms with Gasteiger partial charge in [0.25, 0.3) is 0 Å². The summed E-state index contributed by atoms with van der Waals surface area (Å²) in [5, 5.41) is 7.82. The van der Waals surface area contributed by atoms with Crippen molar-refractivity contribution in [2.45, 2.75) is 32.6 Å². The van der Waals surface area contributed by atoms with Gasteiger partial charge in [-0.1, -0.05) is 18.0 Å². The predicted octanol–water partition coefficient (Wildman–Crippen LogP) is 2.08. The Balaban J connectivity index is 1.81. The molecular weight excluding hydrogens is 396 g/mol. The number of nitrogens with zero attached hydrogens (tertiary/aromatic N) is 1. The van der Waals surface area contributed by atoms with Crippen LogP contribution in [0, 0.1) is 0 Å². The van der Waals surface area contributed by atoms with E-state index in [1.807, 2.05) is 12.1 Å². The van der Waals surface area contributed by atoms with Gasteiger partial charge in [-0.25, -0.2) is 0 Å². The molecule has 0 spiro atoms. The summed E-state index contributed by atoms with van der Waals surface area (Å²) in [5.41, 5.74) is 2.08. The lowest BCUT2D eigenvalue weighted by Gasteiger charge is -2.34. The number of likely N-dealkylation sites (N-methyl/N-ethyl adjacent to an activating group) is 1. The molecule has 1 aromatic carbocycles. The fourth-order valence-electron chi connectivity index (χ4n) is 3.34. The number of hydrogen-bond acceptors (Lipinski definition) is 4. The molecule has 0 radical (unpaired) electrons. The van der Waals surface area contributed by atoms with Crippen LogP contribution in [0.5, 0.6) is 0 Å². The molecule has 28 heavy (non-hydrogen) atoms. The van der Waals surface area contributed by atoms with Crippen LogP contribution in [0.25, 0.3) is 0 Å². The van der Waals surface area contributed by atoms with Gasteiger partial charge in [0.15, 0.2) is 5.11 Å². The molecular formula is C20H32ClN4O2S+. The van der Waals surface area contributed by atoms with Crippen molar-refractivity contribution in [2.24, 2.45) is 0 Å². The SMILES string of the molecule is CC[NH+]1CCN(c2ccc(Cl)cc2NC(=S)NCCCCCC(=O)OC)CC1. The fraction of sp³-hybridized carbons (Fsp3) is 0.600. The molecule has 8 heteroatoms. The molecule has 1 saturated heterocycles. The van der Waals surface area contributed by atoms with E-state index in [0.717, 1.165) is 63.4 Å². The maximum atomic E-state index is 11.1. The molecule has 0 atom stereocenters. The number of thiocarbonyl (C=S) groups is 1. The lowest BCUT2D eigenvalue weighted by Crippen LogP contribution is -3.14. The quantitative estimate of drug-likeness (QED) is 0.319. The van der Waals surface area contributed by atoms with Crippen LogP contribution in [0.3, 0.4) is 0 Å². The molecule has 2 rings (SSSR count). The van der Waals surface area contributed by atoms with Gasteiger partial charge in [-0.05, 0) is 50.2 Å². The topological polar surface area (TPSA) is 58.0 Å². The highest BCUT2D eigenvalue weighted by Gasteiger charge is 2.21. The first-order chi connectivity index (χ1) is 13.5. The van der Waals surface area contributed by atoms with Crippen molar-refractivity contribution in [3.8, 4) is 0 Å². The second-order valence-corrected chi connectivity index (χ2v) is 7.86. The summed E-state index contributed by atoms with van der Waals surface area (Å²) in [6.45, 7) is 8.52. The average molecular weight is 428 g/mol. The highest BCUT2D eigenvalue weighted by molar-refractivity contribution is 7.80. The lowest BCUT2D eigenvalue weighted by molar-refractivity contribution is -0.898. The Morgan fingerprint density at radius 1 is 1.29 bits per heavy atom. The van der Waals surface area contributed by atoms with Crippen LogP contribution < -0.4 is 20.4 Å². The van der Waals surface area contributed by atoms with Gasteiger partial charge >= 0.3 is 5.97 Å². The minimum atomic E-state index is -0.153. The number of quaternary nitrogens is 1. The molecule has 1 aromatic rings. The third-order valence-corrected chi connectivity index (χ3v) is 5.57. The number of anilines is 2. The van der Waals surface area contributed by atoms with E-state index in [-0.39, 0.29) is 5.97 Å². The Morgan fingerprint density at radius 3 is 2.71 bits per heavy atom. The number of ether oxygens (including phenoxy) is 1. The molecule has 1 aliphatic heterocycles. The number of esters is 1. The fourth-order valence-corrected chi connectivity index (χ4v) is 3.73. The third-order valence-electron chi connectivity index (χ3n) is 5.09. The van der Waals surface area contributed by atoms with E-state index in [9.17, 15) is 4.79 Å². The molecule has 1 fully saturated rings. The number of rotatable bonds is 9. The molecule has 6 nitrogen and oxygen atoms in total. The smallest absolute Gasteiger partial charge is 0.305 e. The highest BCUT2D eigenvalue weighted by Crippen LogP contribution is 2.29. The summed E-state index contributed by atoms with van der Waals surface area (Å²) in [5.74, 6) is -0.153. The van der Waals surface area contributed by atoms with E-state index in [1.54, 1.807) is 4.90 Å². The van der Waals surface area contributed by atoms with Crippen LogP contribution in [0.1, 0.15) is 32.6 Å². The van der Waals surface area contributed by atoms with Crippen LogP contribution in [0.2, 0.25) is 5.02 Å². The zero-order valence-corrected chi connectivity index (χ0v) is 18.4. The molecule has 0 bridgehead atoms. The summed E-state index contributed by atoms with van der Waals surface area (Å²) >= 11 is 11.7. The third kappa shape index (κ3) is 7.45. The van der Waals surface area contributed by atoms with Gasteiger partial charge in [0.1, 0.15) is 0 Å². The Kier molecular flexibility index (Phi) is 9.81. The van der Waals surface area contributed by atoms with Crippen LogP contribution in [-0.4, -0.2) is 57.5 Å². The Hall–Kier alpha value is -1.57. The van der Waals surface area contributed by atoms with Crippen LogP contribution >= 0.6 is 23.8 Å². The molecule has 1 aliphatic rings. The maximum Gasteiger partial charge on any atom is 0.305 e. The molecule has 0 saturated carbocycles. The highest BCUT2D eigenvalue weighted by atomic mass is 35.5. The van der Waals surface area contributed by atoms with Crippen molar-refractivity contribution in [3.05, 3.63) is 23.2 Å². The van der Waals surface area contributed by atoms with Gasteiger partial charge in [0, 0.05) is 18.0 Å². The second-order valence-electron chi connectivity index (χ2n) is 7.02. The number of unbranched alkanes of at least 4 members (excludes halogenated alkanes) is 2. The molecule has 0 unspecified atom stereocenters. The van der Waals surface area contributed by atoms with Crippen molar-refractivity contribution in [1.29, 1.82) is 0 Å². The Labute approximate surface area is 178 Å². The molecule has 156 valence electrons. The van der Waals surface area contributed by atoms with E-state index in [4.69, 9.17) is 23.8 Å². The van der Waals surface area contributed by atoms with Crippen LogP contribution in [0.4, 0.5) is 11.4 Å². The number of carbonyl (C=O) groups excluding carboxylic acids is 1. The summed E-state index contributed by atoms with van der Waals surface area (Å²) < 4.78 is 4.64. The van der Waals surface area contributed by atoms with Gasteiger partial charge in [0.2, 0.25) is 0 Å². The van der Waals surface area contributed by atoms with Gasteiger partial charge in [-0.15, -0.1) is 0 Å². The largest absolute Gasteiger partial charge is 0.469 e. The van der Waals surface area contributed by atoms with Crippen LogP contribution in [-0.2, 0) is 9.53 Å². The minimum absolute atomic E-state index is 0.153. The van der Waals surface area contributed by atoms with Crippen molar-refractivity contribution >= 4 is 46.3 Å². The number of halogens is 1. The summed E-state index contributed by atoms with van der Waals surface area (Å²) in [4.78, 5) is 15.1. The van der Waals surface area contributed by atoms with Gasteiger partial charge in [0.05, 0.1) is 51.2 Å². The Morgan fingerprint density at radius 2 is 2.04 bits per heavy atom. The van der Waals surface area contributed by atoms with Gasteiger partial charge in [-0.2, -0.15) is 0 Å². The number of methoxy groups -OCH3 is 1. The molecule has 3 N–H and O–H groups in total. The zero-order chi connectivity index (χ0) is 20.4. The number of hydrogen-bond donors (Lipinski definition) is 3. The lowest BCUT2D eigenvalue weighted by atomic mass is 10.2. The number of nitrogens with one attached hydrogen (secondary N) is 3. The summed E-state index contributed by atoms with van der Waals surface area (Å²) in [6, 6.07) is 5.93. The number of carbonyl (C=O) groups is 1. The van der Waals surface area contributed by atoms with Crippen molar-refractivity contribution < 1.29 is 14.4 Å². The number of benzene rings is 1. The van der Waals surface area contributed by atoms with Crippen molar-refractivity contribution in [1.82, 2.24) is 5.32 Å². The zero-order valence-electron chi connectivity index (χ0n) is 16.9. The minimum Gasteiger partial charge on any atom is -0.469 e. The van der Waals surface area contributed by atoms with Crippen LogP contribution in [0.15, 0.2) is 18.2 Å².